The fraction of sp³-hybridized carbons (Fsp3) is 0. The molecular weight excluding hydrogens is 217 g/mol. The second-order valence-corrected chi connectivity index (χ2v) is 0. The molecule has 0 atom stereocenters. The summed E-state index contributed by atoms with van der Waals surface area (Å²) in [6.07, 6.45) is 0. The molecule has 0 heterocycles. The molecule has 0 saturated heterocycles. The Balaban J connectivity index is 0. The molecule has 0 spiro atoms. The van der Waals surface area contributed by atoms with Gasteiger partial charge in [0.2, 0.25) is 0 Å². The summed E-state index contributed by atoms with van der Waals surface area (Å²) in [5.74, 6) is 0. The first-order valence-corrected chi connectivity index (χ1v) is 0. The molecule has 0 N–H and O–H groups in total. The van der Waals surface area contributed by atoms with Gasteiger partial charge in [-0.2, -0.15) is 0 Å². The van der Waals surface area contributed by atoms with Crippen molar-refractivity contribution in [3.63, 3.8) is 0 Å². The summed E-state index contributed by atoms with van der Waals surface area (Å²) in [5, 5.41) is 0. The predicted octanol–water partition coefficient (Wildman–Crippen LogP) is -0.177. The van der Waals surface area contributed by atoms with Crippen LogP contribution in [0.25, 0.3) is 0 Å². The molecule has 8 heavy (non-hydrogen) atoms. The average molecular weight is 218 g/mol. The van der Waals surface area contributed by atoms with Crippen LogP contribution in [0.2, 0.25) is 0 Å². The van der Waals surface area contributed by atoms with Gasteiger partial charge < -0.3 is 27.4 Å². The van der Waals surface area contributed by atoms with Gasteiger partial charge in [-0.25, -0.2) is 0 Å². The Labute approximate surface area is 76.9 Å². The molecule has 0 aliphatic carbocycles. The first kappa shape index (κ1) is 399. The van der Waals surface area contributed by atoms with Crippen molar-refractivity contribution < 1.29 is 64.5 Å². The van der Waals surface area contributed by atoms with Crippen LogP contribution in [-0.4, -0.2) is 0 Å². The molecular formula is HClO5V2-10. The van der Waals surface area contributed by atoms with Crippen LogP contribution >= 0.6 is 12.4 Å². The van der Waals surface area contributed by atoms with Gasteiger partial charge in [0.25, 0.3) is 0 Å². The maximum Gasteiger partial charge on any atom is 0 e. The van der Waals surface area contributed by atoms with Crippen LogP contribution in [0, 0.1) is 0 Å². The molecule has 0 aromatic carbocycles. The zero-order valence-electron chi connectivity index (χ0n) is 3.34. The van der Waals surface area contributed by atoms with E-state index in [1.54, 1.807) is 0 Å². The van der Waals surface area contributed by atoms with Crippen LogP contribution < -0.4 is 0 Å². The van der Waals surface area contributed by atoms with Gasteiger partial charge in [-0.05, 0) is 0 Å². The van der Waals surface area contributed by atoms with E-state index in [0.717, 1.165) is 0 Å². The van der Waals surface area contributed by atoms with Crippen molar-refractivity contribution in [1.29, 1.82) is 0 Å². The summed E-state index contributed by atoms with van der Waals surface area (Å²) in [4.78, 5) is 0. The van der Waals surface area contributed by atoms with Gasteiger partial charge in [0.05, 0.1) is 0 Å². The van der Waals surface area contributed by atoms with E-state index in [4.69, 9.17) is 0 Å². The molecule has 2 radical (unpaired) electrons. The summed E-state index contributed by atoms with van der Waals surface area (Å²) in [6.45, 7) is 0. The van der Waals surface area contributed by atoms with Gasteiger partial charge >= 0.3 is 0 Å². The molecule has 0 fully saturated rings. The molecule has 0 aliphatic rings. The van der Waals surface area contributed by atoms with Gasteiger partial charge in [0.15, 0.2) is 0 Å². The van der Waals surface area contributed by atoms with Crippen molar-refractivity contribution in [3.05, 3.63) is 0 Å². The summed E-state index contributed by atoms with van der Waals surface area (Å²) >= 11 is 0. The minimum atomic E-state index is 0. The van der Waals surface area contributed by atoms with E-state index in [0.29, 0.717) is 0 Å². The van der Waals surface area contributed by atoms with Crippen LogP contribution in [-0.2, 0) is 64.5 Å². The fourth-order valence-corrected chi connectivity index (χ4v) is 0. The maximum absolute atomic E-state index is 0. The molecule has 0 bridgehead atoms. The Bertz CT molecular complexity index is 10.4. The van der Waals surface area contributed by atoms with Crippen LogP contribution in [0.3, 0.4) is 0 Å². The number of halogens is 1. The molecule has 0 unspecified atom stereocenters. The summed E-state index contributed by atoms with van der Waals surface area (Å²) < 4.78 is 0. The SMILES string of the molecule is Cl.[O-2].[O-2].[O-2].[O-2].[O-2].[V].[V]. The van der Waals surface area contributed by atoms with Gasteiger partial charge in [0, 0.05) is 37.1 Å². The fourth-order valence-electron chi connectivity index (χ4n) is 0. The third-order valence-electron chi connectivity index (χ3n) is 0. The normalized spacial score (nSPS) is 0. The van der Waals surface area contributed by atoms with E-state index in [1.165, 1.54) is 0 Å². The first-order chi connectivity index (χ1) is 0. The molecule has 0 aromatic heterocycles. The summed E-state index contributed by atoms with van der Waals surface area (Å²) in [5.41, 5.74) is 0. The Kier molecular flexibility index (Phi) is 13700. The zero-order chi connectivity index (χ0) is 0. The van der Waals surface area contributed by atoms with Crippen LogP contribution in [0.5, 0.6) is 0 Å². The Morgan fingerprint density at radius 3 is 0.375 bits per heavy atom. The van der Waals surface area contributed by atoms with Crippen LogP contribution in [0.1, 0.15) is 0 Å². The van der Waals surface area contributed by atoms with Gasteiger partial charge in [-0.3, -0.25) is 0 Å². The van der Waals surface area contributed by atoms with Gasteiger partial charge in [-0.15, -0.1) is 12.4 Å². The topological polar surface area (TPSA) is 142 Å². The summed E-state index contributed by atoms with van der Waals surface area (Å²) in [6, 6.07) is 0. The van der Waals surface area contributed by atoms with E-state index in [1.807, 2.05) is 0 Å². The van der Waals surface area contributed by atoms with E-state index < -0.39 is 0 Å². The molecule has 58 valence electrons. The number of hydrogen-bond donors (Lipinski definition) is 0. The number of rotatable bonds is 0. The quantitative estimate of drug-likeness (QED) is 0.531. The second-order valence-electron chi connectivity index (χ2n) is 0. The molecule has 5 nitrogen and oxygen atoms in total. The van der Waals surface area contributed by atoms with E-state index in [-0.39, 0.29) is 76.9 Å². The molecule has 0 aromatic rings. The molecule has 0 aliphatic heterocycles. The Morgan fingerprint density at radius 1 is 0.375 bits per heavy atom. The Morgan fingerprint density at radius 2 is 0.375 bits per heavy atom. The van der Waals surface area contributed by atoms with E-state index in [2.05, 4.69) is 0 Å². The zero-order valence-corrected chi connectivity index (χ0v) is 6.95. The third-order valence-corrected chi connectivity index (χ3v) is 0. The van der Waals surface area contributed by atoms with Crippen molar-refractivity contribution in [2.45, 2.75) is 0 Å². The van der Waals surface area contributed by atoms with Crippen molar-refractivity contribution >= 4 is 12.4 Å². The average Bonchev–Trinajstić information content (AvgIpc) is 0. The van der Waals surface area contributed by atoms with Crippen molar-refractivity contribution in [2.75, 3.05) is 0 Å². The van der Waals surface area contributed by atoms with Crippen molar-refractivity contribution in [1.82, 2.24) is 0 Å². The minimum Gasteiger partial charge on any atom is -2.00 e. The predicted molar refractivity (Wildman–Crippen MR) is 10.7 cm³/mol. The molecule has 8 heteroatoms. The van der Waals surface area contributed by atoms with Crippen molar-refractivity contribution in [2.24, 2.45) is 0 Å². The standard InChI is InChI=1S/ClH.5O.2V/h1H;;;;;;;/q;5*-2;;. The van der Waals surface area contributed by atoms with Crippen molar-refractivity contribution in [3.8, 4) is 0 Å². The van der Waals surface area contributed by atoms with Gasteiger partial charge in [0.1, 0.15) is 0 Å². The maximum atomic E-state index is 0. The largest absolute Gasteiger partial charge is 2.00 e. The first-order valence-electron chi connectivity index (χ1n) is 0. The summed E-state index contributed by atoms with van der Waals surface area (Å²) in [7, 11) is 0. The van der Waals surface area contributed by atoms with Gasteiger partial charge in [-0.1, -0.05) is 0 Å². The minimum absolute atomic E-state index is 0. The molecule has 0 saturated carbocycles. The smallest absolute Gasteiger partial charge is 0 e. The Hall–Kier alpha value is 1.26. The van der Waals surface area contributed by atoms with E-state index >= 15 is 0 Å². The van der Waals surface area contributed by atoms with Crippen LogP contribution in [0.4, 0.5) is 0 Å². The molecule has 0 amide bonds. The monoisotopic (exact) mass is 218 g/mol. The number of hydrogen-bond acceptors (Lipinski definition) is 0. The second kappa shape index (κ2) is 275. The van der Waals surface area contributed by atoms with Crippen LogP contribution in [0.15, 0.2) is 0 Å². The third kappa shape index (κ3) is 179. The molecule has 0 rings (SSSR count). The van der Waals surface area contributed by atoms with E-state index in [9.17, 15) is 0 Å².